The maximum absolute atomic E-state index is 13.4. The Balaban J connectivity index is 1.36. The minimum atomic E-state index is -0.272. The predicted molar refractivity (Wildman–Crippen MR) is 130 cm³/mol. The molecule has 7 rings (SSSR count). The zero-order chi connectivity index (χ0) is 22.6. The van der Waals surface area contributed by atoms with E-state index in [-0.39, 0.29) is 11.9 Å². The van der Waals surface area contributed by atoms with E-state index in [0.717, 1.165) is 50.1 Å². The standard InChI is InChI=1S/C27H18N6O/c34-27(20-13-30-25-17(20)9-4-11-29-25)33-24-16-6-2-1-5-15(16)23-18(24)7-3-8-19(23)26-31-21-10-12-28-14-22(21)32-26/h1-14,24H,(H,29,30)(H,31,32)(H,33,34)/t24-/m1/s1. The van der Waals surface area contributed by atoms with Crippen LogP contribution in [0, 0.1) is 0 Å². The molecule has 1 aliphatic rings. The molecule has 162 valence electrons. The van der Waals surface area contributed by atoms with Crippen LogP contribution in [-0.2, 0) is 0 Å². The summed E-state index contributed by atoms with van der Waals surface area (Å²) in [5.74, 6) is 0.636. The van der Waals surface area contributed by atoms with E-state index < -0.39 is 0 Å². The molecule has 4 heterocycles. The number of carbonyl (C=O) groups excluding carboxylic acids is 1. The minimum absolute atomic E-state index is 0.146. The molecule has 0 saturated heterocycles. The second-order valence-electron chi connectivity index (χ2n) is 8.34. The Kier molecular flexibility index (Phi) is 3.92. The van der Waals surface area contributed by atoms with Crippen molar-refractivity contribution in [2.75, 3.05) is 0 Å². The van der Waals surface area contributed by atoms with Crippen molar-refractivity contribution < 1.29 is 4.79 Å². The number of nitrogens with one attached hydrogen (secondary N) is 3. The molecule has 0 unspecified atom stereocenters. The first-order valence-electron chi connectivity index (χ1n) is 11.0. The summed E-state index contributed by atoms with van der Waals surface area (Å²) in [6.07, 6.45) is 6.94. The third-order valence-electron chi connectivity index (χ3n) is 6.46. The second-order valence-corrected chi connectivity index (χ2v) is 8.34. The molecular formula is C27H18N6O. The van der Waals surface area contributed by atoms with Crippen LogP contribution in [0.5, 0.6) is 0 Å². The SMILES string of the molecule is O=C(N[C@@H]1c2ccccc2-c2c(-c3nc4ccncc4[nH]3)cccc21)c1c[nH]c2ncccc12. The van der Waals surface area contributed by atoms with Gasteiger partial charge in [-0.25, -0.2) is 9.97 Å². The summed E-state index contributed by atoms with van der Waals surface area (Å²) in [5, 5.41) is 4.07. The lowest BCUT2D eigenvalue weighted by Crippen LogP contribution is -2.27. The van der Waals surface area contributed by atoms with Crippen LogP contribution in [0.15, 0.2) is 85.5 Å². The van der Waals surface area contributed by atoms with E-state index in [2.05, 4.69) is 49.5 Å². The van der Waals surface area contributed by atoms with Crippen molar-refractivity contribution in [1.29, 1.82) is 0 Å². The van der Waals surface area contributed by atoms with E-state index in [1.165, 1.54) is 0 Å². The summed E-state index contributed by atoms with van der Waals surface area (Å²) in [6, 6.07) is 19.7. The highest BCUT2D eigenvalue weighted by Crippen LogP contribution is 2.47. The van der Waals surface area contributed by atoms with Gasteiger partial charge in [0.2, 0.25) is 0 Å². The van der Waals surface area contributed by atoms with E-state index in [4.69, 9.17) is 4.98 Å². The average Bonchev–Trinajstić information content (AvgIpc) is 3.58. The van der Waals surface area contributed by atoms with Crippen LogP contribution in [0.2, 0.25) is 0 Å². The Hall–Kier alpha value is -4.78. The monoisotopic (exact) mass is 442 g/mol. The largest absolute Gasteiger partial charge is 0.345 e. The number of aromatic nitrogens is 5. The maximum Gasteiger partial charge on any atom is 0.254 e. The Morgan fingerprint density at radius 1 is 0.912 bits per heavy atom. The molecule has 2 aromatic carbocycles. The fraction of sp³-hybridized carbons (Fsp3) is 0.0370. The Bertz CT molecular complexity index is 1700. The highest BCUT2D eigenvalue weighted by molar-refractivity contribution is 6.06. The Morgan fingerprint density at radius 3 is 2.74 bits per heavy atom. The van der Waals surface area contributed by atoms with E-state index >= 15 is 0 Å². The van der Waals surface area contributed by atoms with Gasteiger partial charge in [-0.3, -0.25) is 9.78 Å². The number of fused-ring (bicyclic) bond motifs is 5. The van der Waals surface area contributed by atoms with Crippen molar-refractivity contribution in [1.82, 2.24) is 30.2 Å². The van der Waals surface area contributed by atoms with Crippen LogP contribution in [0.1, 0.15) is 27.5 Å². The van der Waals surface area contributed by atoms with Crippen LogP contribution in [0.4, 0.5) is 0 Å². The molecule has 0 fully saturated rings. The molecule has 7 nitrogen and oxygen atoms in total. The van der Waals surface area contributed by atoms with Crippen LogP contribution < -0.4 is 5.32 Å². The summed E-state index contributed by atoms with van der Waals surface area (Å²) >= 11 is 0. The van der Waals surface area contributed by atoms with E-state index in [1.807, 2.05) is 36.4 Å². The lowest BCUT2D eigenvalue weighted by atomic mass is 9.98. The number of H-pyrrole nitrogens is 2. The number of imidazole rings is 1. The van der Waals surface area contributed by atoms with Gasteiger partial charge in [-0.15, -0.1) is 0 Å². The number of pyridine rings is 2. The van der Waals surface area contributed by atoms with Gasteiger partial charge in [0, 0.05) is 29.5 Å². The number of hydrogen-bond acceptors (Lipinski definition) is 4. The summed E-state index contributed by atoms with van der Waals surface area (Å²) in [6.45, 7) is 0. The first kappa shape index (κ1) is 18.8. The Labute approximate surface area is 193 Å². The first-order valence-corrected chi connectivity index (χ1v) is 11.0. The molecule has 1 aliphatic carbocycles. The van der Waals surface area contributed by atoms with Gasteiger partial charge in [0.05, 0.1) is 28.8 Å². The molecule has 0 saturated carbocycles. The molecular weight excluding hydrogens is 424 g/mol. The van der Waals surface area contributed by atoms with Gasteiger partial charge < -0.3 is 15.3 Å². The number of carbonyl (C=O) groups is 1. The van der Waals surface area contributed by atoms with Crippen LogP contribution in [0.3, 0.4) is 0 Å². The fourth-order valence-electron chi connectivity index (χ4n) is 4.95. The molecule has 0 radical (unpaired) electrons. The summed E-state index contributed by atoms with van der Waals surface area (Å²) < 4.78 is 0. The fourth-order valence-corrected chi connectivity index (χ4v) is 4.95. The van der Waals surface area contributed by atoms with Gasteiger partial charge in [0.15, 0.2) is 0 Å². The summed E-state index contributed by atoms with van der Waals surface area (Å²) in [4.78, 5) is 33.2. The zero-order valence-electron chi connectivity index (χ0n) is 17.9. The number of benzene rings is 2. The quantitative estimate of drug-likeness (QED) is 0.359. The third-order valence-corrected chi connectivity index (χ3v) is 6.46. The predicted octanol–water partition coefficient (Wildman–Crippen LogP) is 5.00. The van der Waals surface area contributed by atoms with E-state index in [0.29, 0.717) is 11.2 Å². The second kappa shape index (κ2) is 7.11. The minimum Gasteiger partial charge on any atom is -0.345 e. The highest BCUT2D eigenvalue weighted by atomic mass is 16.1. The molecule has 0 aliphatic heterocycles. The molecule has 1 atom stereocenters. The average molecular weight is 442 g/mol. The molecule has 6 aromatic rings. The van der Waals surface area contributed by atoms with Crippen LogP contribution in [-0.4, -0.2) is 30.8 Å². The number of hydrogen-bond donors (Lipinski definition) is 3. The van der Waals surface area contributed by atoms with Crippen LogP contribution >= 0.6 is 0 Å². The van der Waals surface area contributed by atoms with Crippen molar-refractivity contribution in [3.8, 4) is 22.5 Å². The summed E-state index contributed by atoms with van der Waals surface area (Å²) in [7, 11) is 0. The number of aromatic amines is 2. The van der Waals surface area contributed by atoms with Gasteiger partial charge in [-0.1, -0.05) is 42.5 Å². The molecule has 7 heteroatoms. The zero-order valence-corrected chi connectivity index (χ0v) is 17.9. The normalized spacial score (nSPS) is 14.3. The van der Waals surface area contributed by atoms with E-state index in [1.54, 1.807) is 24.8 Å². The maximum atomic E-state index is 13.4. The van der Waals surface area contributed by atoms with E-state index in [9.17, 15) is 4.79 Å². The molecule has 0 spiro atoms. The van der Waals surface area contributed by atoms with Gasteiger partial charge in [-0.05, 0) is 40.5 Å². The van der Waals surface area contributed by atoms with Gasteiger partial charge in [0.25, 0.3) is 5.91 Å². The Morgan fingerprint density at radius 2 is 1.79 bits per heavy atom. The van der Waals surface area contributed by atoms with Gasteiger partial charge in [-0.2, -0.15) is 0 Å². The number of nitrogens with zero attached hydrogens (tertiary/aromatic N) is 3. The highest BCUT2D eigenvalue weighted by Gasteiger charge is 2.32. The van der Waals surface area contributed by atoms with Gasteiger partial charge >= 0.3 is 0 Å². The van der Waals surface area contributed by atoms with Crippen molar-refractivity contribution in [2.24, 2.45) is 0 Å². The van der Waals surface area contributed by atoms with Crippen molar-refractivity contribution >= 4 is 28.0 Å². The lowest BCUT2D eigenvalue weighted by molar-refractivity contribution is 0.0945. The lowest BCUT2D eigenvalue weighted by Gasteiger charge is -2.16. The van der Waals surface area contributed by atoms with Crippen LogP contribution in [0.25, 0.3) is 44.6 Å². The molecule has 4 aromatic heterocycles. The first-order chi connectivity index (χ1) is 16.8. The topological polar surface area (TPSA) is 99.4 Å². The van der Waals surface area contributed by atoms with Crippen molar-refractivity contribution in [3.63, 3.8) is 0 Å². The molecule has 1 amide bonds. The van der Waals surface area contributed by atoms with Crippen molar-refractivity contribution in [2.45, 2.75) is 6.04 Å². The molecule has 34 heavy (non-hydrogen) atoms. The number of amides is 1. The van der Waals surface area contributed by atoms with Crippen molar-refractivity contribution in [3.05, 3.63) is 102 Å². The third kappa shape index (κ3) is 2.70. The molecule has 3 N–H and O–H groups in total. The summed E-state index contributed by atoms with van der Waals surface area (Å²) in [5.41, 5.74) is 8.31. The smallest absolute Gasteiger partial charge is 0.254 e. The number of rotatable bonds is 3. The molecule has 0 bridgehead atoms. The van der Waals surface area contributed by atoms with Gasteiger partial charge in [0.1, 0.15) is 11.5 Å².